The van der Waals surface area contributed by atoms with Gasteiger partial charge in [-0.3, -0.25) is 0 Å². The Morgan fingerprint density at radius 1 is 1.18 bits per heavy atom. The Balaban J connectivity index is 1.68. The molecule has 3 rings (SSSR count). The molecule has 0 aliphatic rings. The number of nitrogens with zero attached hydrogens (tertiary/aromatic N) is 2. The Bertz CT molecular complexity index is 756. The van der Waals surface area contributed by atoms with Gasteiger partial charge in [0.05, 0.1) is 13.7 Å². The van der Waals surface area contributed by atoms with Crippen LogP contribution in [0.3, 0.4) is 0 Å². The predicted molar refractivity (Wildman–Crippen MR) is 87.8 cm³/mol. The van der Waals surface area contributed by atoms with E-state index in [1.54, 1.807) is 7.11 Å². The van der Waals surface area contributed by atoms with E-state index in [-0.39, 0.29) is 0 Å². The smallest absolute Gasteiger partial charge is 0.246 e. The molecule has 0 bridgehead atoms. The maximum atomic E-state index is 5.26. The lowest BCUT2D eigenvalue weighted by Crippen LogP contribution is -1.99. The van der Waals surface area contributed by atoms with Crippen LogP contribution in [0.4, 0.5) is 5.69 Å². The minimum Gasteiger partial charge on any atom is -0.497 e. The third-order valence-electron chi connectivity index (χ3n) is 3.08. The molecule has 0 aliphatic carbocycles. The molecule has 0 saturated carbocycles. The van der Waals surface area contributed by atoms with Gasteiger partial charge in [0, 0.05) is 15.7 Å². The van der Waals surface area contributed by atoms with Gasteiger partial charge in [-0.25, -0.2) is 0 Å². The van der Waals surface area contributed by atoms with Gasteiger partial charge in [-0.05, 0) is 42.5 Å². The molecule has 1 aromatic heterocycles. The molecule has 112 valence electrons. The fraction of sp³-hybridized carbons (Fsp3) is 0.125. The van der Waals surface area contributed by atoms with Crippen molar-refractivity contribution >= 4 is 21.6 Å². The van der Waals surface area contributed by atoms with E-state index >= 15 is 0 Å². The lowest BCUT2D eigenvalue weighted by Gasteiger charge is -2.02. The average molecular weight is 360 g/mol. The summed E-state index contributed by atoms with van der Waals surface area (Å²) in [5.41, 5.74) is 1.87. The minimum absolute atomic E-state index is 0.472. The Morgan fingerprint density at radius 2 is 2.00 bits per heavy atom. The zero-order chi connectivity index (χ0) is 15.4. The van der Waals surface area contributed by atoms with Crippen LogP contribution < -0.4 is 10.1 Å². The van der Waals surface area contributed by atoms with Crippen molar-refractivity contribution in [3.8, 4) is 17.1 Å². The second-order valence-electron chi connectivity index (χ2n) is 4.60. The monoisotopic (exact) mass is 359 g/mol. The normalized spacial score (nSPS) is 10.5. The van der Waals surface area contributed by atoms with Crippen molar-refractivity contribution in [1.82, 2.24) is 10.1 Å². The molecule has 1 N–H and O–H groups in total. The topological polar surface area (TPSA) is 60.2 Å². The number of ether oxygens (including phenoxy) is 1. The Hall–Kier alpha value is -2.34. The number of nitrogens with one attached hydrogen (secondary N) is 1. The van der Waals surface area contributed by atoms with Crippen molar-refractivity contribution in [3.05, 3.63) is 58.9 Å². The molecule has 0 fully saturated rings. The van der Waals surface area contributed by atoms with Crippen LogP contribution in [-0.2, 0) is 6.54 Å². The number of hydrogen-bond acceptors (Lipinski definition) is 5. The highest BCUT2D eigenvalue weighted by molar-refractivity contribution is 9.10. The van der Waals surface area contributed by atoms with Gasteiger partial charge in [0.1, 0.15) is 5.75 Å². The SMILES string of the molecule is COc1ccc(-c2noc(CNc3cccc(Br)c3)n2)cc1. The summed E-state index contributed by atoms with van der Waals surface area (Å²) in [5, 5.41) is 7.23. The number of benzene rings is 2. The fourth-order valence-electron chi connectivity index (χ4n) is 1.96. The van der Waals surface area contributed by atoms with Crippen molar-refractivity contribution in [1.29, 1.82) is 0 Å². The molecule has 22 heavy (non-hydrogen) atoms. The van der Waals surface area contributed by atoms with E-state index in [4.69, 9.17) is 9.26 Å². The van der Waals surface area contributed by atoms with Gasteiger partial charge in [0.25, 0.3) is 0 Å². The Labute approximate surface area is 136 Å². The van der Waals surface area contributed by atoms with Crippen LogP contribution in [0.25, 0.3) is 11.4 Å². The van der Waals surface area contributed by atoms with Crippen LogP contribution in [0.5, 0.6) is 5.75 Å². The molecule has 0 aliphatic heterocycles. The molecule has 2 aromatic carbocycles. The zero-order valence-corrected chi connectivity index (χ0v) is 13.5. The van der Waals surface area contributed by atoms with Gasteiger partial charge in [-0.1, -0.05) is 27.2 Å². The number of anilines is 1. The van der Waals surface area contributed by atoms with E-state index in [0.717, 1.165) is 21.5 Å². The van der Waals surface area contributed by atoms with E-state index in [2.05, 4.69) is 31.4 Å². The second-order valence-corrected chi connectivity index (χ2v) is 5.52. The Kier molecular flexibility index (Phi) is 4.39. The van der Waals surface area contributed by atoms with E-state index in [1.807, 2.05) is 48.5 Å². The van der Waals surface area contributed by atoms with Gasteiger partial charge >= 0.3 is 0 Å². The number of hydrogen-bond donors (Lipinski definition) is 1. The van der Waals surface area contributed by atoms with E-state index in [0.29, 0.717) is 18.3 Å². The van der Waals surface area contributed by atoms with Crippen LogP contribution in [0, 0.1) is 0 Å². The first-order valence-corrected chi connectivity index (χ1v) is 7.50. The van der Waals surface area contributed by atoms with Gasteiger partial charge in [0.15, 0.2) is 0 Å². The number of halogens is 1. The lowest BCUT2D eigenvalue weighted by molar-refractivity contribution is 0.384. The molecule has 6 heteroatoms. The first-order valence-electron chi connectivity index (χ1n) is 6.71. The maximum Gasteiger partial charge on any atom is 0.246 e. The summed E-state index contributed by atoms with van der Waals surface area (Å²) in [7, 11) is 1.63. The zero-order valence-electron chi connectivity index (χ0n) is 11.9. The fourth-order valence-corrected chi connectivity index (χ4v) is 2.36. The molecule has 0 spiro atoms. The third-order valence-corrected chi connectivity index (χ3v) is 3.58. The molecule has 1 heterocycles. The van der Waals surface area contributed by atoms with Crippen LogP contribution in [0.15, 0.2) is 57.5 Å². The largest absolute Gasteiger partial charge is 0.497 e. The third kappa shape index (κ3) is 3.46. The lowest BCUT2D eigenvalue weighted by atomic mass is 10.2. The predicted octanol–water partition coefficient (Wildman–Crippen LogP) is 4.12. The van der Waals surface area contributed by atoms with Gasteiger partial charge < -0.3 is 14.6 Å². The van der Waals surface area contributed by atoms with Crippen molar-refractivity contribution in [2.24, 2.45) is 0 Å². The quantitative estimate of drug-likeness (QED) is 0.742. The summed E-state index contributed by atoms with van der Waals surface area (Å²) in [5.74, 6) is 1.89. The standard InChI is InChI=1S/C16H14BrN3O2/c1-21-14-7-5-11(6-8-14)16-19-15(22-20-16)10-18-13-4-2-3-12(17)9-13/h2-9,18H,10H2,1H3. The highest BCUT2D eigenvalue weighted by atomic mass is 79.9. The van der Waals surface area contributed by atoms with Gasteiger partial charge in [-0.15, -0.1) is 0 Å². The molecule has 0 radical (unpaired) electrons. The second kappa shape index (κ2) is 6.62. The number of rotatable bonds is 5. The molecule has 3 aromatic rings. The minimum atomic E-state index is 0.472. The van der Waals surface area contributed by atoms with Gasteiger partial charge in [0.2, 0.25) is 11.7 Å². The van der Waals surface area contributed by atoms with Crippen LogP contribution in [0.1, 0.15) is 5.89 Å². The molecule has 0 amide bonds. The van der Waals surface area contributed by atoms with Crippen molar-refractivity contribution in [3.63, 3.8) is 0 Å². The molecule has 0 atom stereocenters. The highest BCUT2D eigenvalue weighted by Gasteiger charge is 2.08. The van der Waals surface area contributed by atoms with Crippen LogP contribution in [0.2, 0.25) is 0 Å². The van der Waals surface area contributed by atoms with Crippen molar-refractivity contribution in [2.75, 3.05) is 12.4 Å². The van der Waals surface area contributed by atoms with Crippen molar-refractivity contribution in [2.45, 2.75) is 6.54 Å². The number of aromatic nitrogens is 2. The molecule has 5 nitrogen and oxygen atoms in total. The molecular formula is C16H14BrN3O2. The summed E-state index contributed by atoms with van der Waals surface area (Å²) in [4.78, 5) is 4.38. The Morgan fingerprint density at radius 3 is 2.73 bits per heavy atom. The van der Waals surface area contributed by atoms with Gasteiger partial charge in [-0.2, -0.15) is 4.98 Å². The highest BCUT2D eigenvalue weighted by Crippen LogP contribution is 2.20. The van der Waals surface area contributed by atoms with E-state index < -0.39 is 0 Å². The van der Waals surface area contributed by atoms with E-state index in [1.165, 1.54) is 0 Å². The maximum absolute atomic E-state index is 5.26. The molecule has 0 saturated heterocycles. The summed E-state index contributed by atoms with van der Waals surface area (Å²) in [6.45, 7) is 0.472. The van der Waals surface area contributed by atoms with E-state index in [9.17, 15) is 0 Å². The summed E-state index contributed by atoms with van der Waals surface area (Å²) in [6, 6.07) is 15.4. The van der Waals surface area contributed by atoms with Crippen LogP contribution >= 0.6 is 15.9 Å². The number of methoxy groups -OCH3 is 1. The summed E-state index contributed by atoms with van der Waals surface area (Å²) >= 11 is 3.43. The summed E-state index contributed by atoms with van der Waals surface area (Å²) in [6.07, 6.45) is 0. The molecular weight excluding hydrogens is 346 g/mol. The molecule has 0 unspecified atom stereocenters. The first kappa shape index (κ1) is 14.6. The van der Waals surface area contributed by atoms with Crippen LogP contribution in [-0.4, -0.2) is 17.3 Å². The van der Waals surface area contributed by atoms with Crippen molar-refractivity contribution < 1.29 is 9.26 Å². The average Bonchev–Trinajstić information content (AvgIpc) is 3.02. The summed E-state index contributed by atoms with van der Waals surface area (Å²) < 4.78 is 11.4. The first-order chi connectivity index (χ1) is 10.7.